The molecular formula is C18H20N4O2. The lowest BCUT2D eigenvalue weighted by Gasteiger charge is -2.24. The molecular weight excluding hydrogens is 304 g/mol. The van der Waals surface area contributed by atoms with Crippen LogP contribution in [0.15, 0.2) is 53.5 Å². The smallest absolute Gasteiger partial charge is 0.351 e. The molecule has 24 heavy (non-hydrogen) atoms. The summed E-state index contributed by atoms with van der Waals surface area (Å²) in [4.78, 5) is 14.8. The summed E-state index contributed by atoms with van der Waals surface area (Å²) >= 11 is 0. The second-order valence-corrected chi connectivity index (χ2v) is 6.10. The number of likely N-dealkylation sites (tertiary alicyclic amines) is 1. The molecule has 0 spiro atoms. The second kappa shape index (κ2) is 6.13. The van der Waals surface area contributed by atoms with E-state index in [1.54, 1.807) is 22.4 Å². The van der Waals surface area contributed by atoms with Crippen LogP contribution in [0.4, 0.5) is 0 Å². The minimum absolute atomic E-state index is 0.0917. The van der Waals surface area contributed by atoms with Crippen molar-refractivity contribution in [3.63, 3.8) is 0 Å². The van der Waals surface area contributed by atoms with Gasteiger partial charge in [-0.05, 0) is 42.7 Å². The summed E-state index contributed by atoms with van der Waals surface area (Å²) in [7, 11) is 1.67. The Morgan fingerprint density at radius 2 is 2.04 bits per heavy atom. The first-order valence-electron chi connectivity index (χ1n) is 8.18. The van der Waals surface area contributed by atoms with Gasteiger partial charge in [0, 0.05) is 18.8 Å². The summed E-state index contributed by atoms with van der Waals surface area (Å²) in [6.45, 7) is 1.48. The van der Waals surface area contributed by atoms with E-state index < -0.39 is 0 Å². The molecule has 0 bridgehead atoms. The molecule has 0 N–H and O–H groups in total. The number of hydrogen-bond acceptors (Lipinski definition) is 4. The number of pyridine rings is 1. The van der Waals surface area contributed by atoms with Crippen molar-refractivity contribution in [3.05, 3.63) is 64.7 Å². The Hall–Kier alpha value is -2.60. The van der Waals surface area contributed by atoms with Gasteiger partial charge in [0.05, 0.1) is 13.8 Å². The number of aromatic nitrogens is 3. The highest BCUT2D eigenvalue weighted by molar-refractivity contribution is 5.35. The Kier molecular flexibility index (Phi) is 3.82. The standard InChI is InChI=1S/C18H20N4O2/c1-24-15-9-7-14(8-10-15)16-5-4-11-20(16)13-22-18(23)21-12-3-2-6-17(21)19-22/h2-3,6-10,12,16H,4-5,11,13H2,1H3/t16-/m0/s1. The van der Waals surface area contributed by atoms with E-state index >= 15 is 0 Å². The molecule has 0 amide bonds. The molecule has 6 heteroatoms. The highest BCUT2D eigenvalue weighted by Crippen LogP contribution is 2.32. The zero-order valence-electron chi connectivity index (χ0n) is 13.6. The van der Waals surface area contributed by atoms with Gasteiger partial charge >= 0.3 is 5.69 Å². The van der Waals surface area contributed by atoms with Gasteiger partial charge in [-0.3, -0.25) is 9.30 Å². The van der Waals surface area contributed by atoms with E-state index in [9.17, 15) is 4.79 Å². The van der Waals surface area contributed by atoms with Gasteiger partial charge in [-0.2, -0.15) is 4.68 Å². The molecule has 0 unspecified atom stereocenters. The van der Waals surface area contributed by atoms with Gasteiger partial charge in [0.2, 0.25) is 0 Å². The van der Waals surface area contributed by atoms with E-state index in [4.69, 9.17) is 4.74 Å². The lowest BCUT2D eigenvalue weighted by molar-refractivity contribution is 0.188. The van der Waals surface area contributed by atoms with Crippen molar-refractivity contribution in [2.45, 2.75) is 25.6 Å². The topological polar surface area (TPSA) is 51.8 Å². The van der Waals surface area contributed by atoms with Crippen LogP contribution >= 0.6 is 0 Å². The highest BCUT2D eigenvalue weighted by Gasteiger charge is 2.27. The first-order valence-corrected chi connectivity index (χ1v) is 8.18. The normalized spacial score (nSPS) is 18.3. The molecule has 3 aromatic rings. The van der Waals surface area contributed by atoms with Gasteiger partial charge in [0.1, 0.15) is 5.75 Å². The molecule has 1 aromatic carbocycles. The third-order valence-electron chi connectivity index (χ3n) is 4.67. The number of ether oxygens (including phenoxy) is 1. The molecule has 4 rings (SSSR count). The maximum absolute atomic E-state index is 12.5. The lowest BCUT2D eigenvalue weighted by atomic mass is 10.0. The summed E-state index contributed by atoms with van der Waals surface area (Å²) in [5.74, 6) is 0.861. The zero-order chi connectivity index (χ0) is 16.5. The van der Waals surface area contributed by atoms with Crippen LogP contribution < -0.4 is 10.4 Å². The van der Waals surface area contributed by atoms with E-state index in [0.717, 1.165) is 25.1 Å². The SMILES string of the molecule is COc1ccc([C@@H]2CCCN2Cn2nc3ccccn3c2=O)cc1. The highest BCUT2D eigenvalue weighted by atomic mass is 16.5. The van der Waals surface area contributed by atoms with Crippen molar-refractivity contribution < 1.29 is 4.74 Å². The monoisotopic (exact) mass is 324 g/mol. The van der Waals surface area contributed by atoms with Crippen molar-refractivity contribution in [2.24, 2.45) is 0 Å². The minimum atomic E-state index is -0.0917. The Labute approximate surface area is 139 Å². The van der Waals surface area contributed by atoms with Gasteiger partial charge in [-0.15, -0.1) is 5.10 Å². The van der Waals surface area contributed by atoms with E-state index in [-0.39, 0.29) is 5.69 Å². The van der Waals surface area contributed by atoms with E-state index in [1.807, 2.05) is 30.3 Å². The Morgan fingerprint density at radius 3 is 2.79 bits per heavy atom. The summed E-state index contributed by atoms with van der Waals surface area (Å²) in [6, 6.07) is 14.1. The minimum Gasteiger partial charge on any atom is -0.497 e. The summed E-state index contributed by atoms with van der Waals surface area (Å²) in [5.41, 5.74) is 1.85. The molecule has 0 saturated carbocycles. The quantitative estimate of drug-likeness (QED) is 0.739. The molecule has 124 valence electrons. The maximum atomic E-state index is 12.5. The van der Waals surface area contributed by atoms with Gasteiger partial charge in [0.25, 0.3) is 0 Å². The fourth-order valence-corrected chi connectivity index (χ4v) is 3.43. The van der Waals surface area contributed by atoms with Crippen molar-refractivity contribution >= 4 is 5.65 Å². The van der Waals surface area contributed by atoms with Gasteiger partial charge < -0.3 is 4.74 Å². The number of hydrogen-bond donors (Lipinski definition) is 0. The molecule has 0 aliphatic carbocycles. The first kappa shape index (κ1) is 15.0. The summed E-state index contributed by atoms with van der Waals surface area (Å²) in [6.07, 6.45) is 3.97. The van der Waals surface area contributed by atoms with E-state index in [1.165, 1.54) is 5.56 Å². The predicted octanol–water partition coefficient (Wildman–Crippen LogP) is 2.30. The fourth-order valence-electron chi connectivity index (χ4n) is 3.43. The summed E-state index contributed by atoms with van der Waals surface area (Å²) in [5, 5.41) is 4.44. The molecule has 0 radical (unpaired) electrons. The number of fused-ring (bicyclic) bond motifs is 1. The van der Waals surface area contributed by atoms with Crippen LogP contribution in [0, 0.1) is 0 Å². The van der Waals surface area contributed by atoms with Crippen LogP contribution in [0.2, 0.25) is 0 Å². The Balaban J connectivity index is 1.60. The second-order valence-electron chi connectivity index (χ2n) is 6.10. The molecule has 1 atom stereocenters. The first-order chi connectivity index (χ1) is 11.8. The number of benzene rings is 1. The molecule has 1 saturated heterocycles. The average molecular weight is 324 g/mol. The van der Waals surface area contributed by atoms with Crippen molar-refractivity contribution in [1.29, 1.82) is 0 Å². The molecule has 1 aliphatic rings. The fraction of sp³-hybridized carbons (Fsp3) is 0.333. The van der Waals surface area contributed by atoms with Crippen LogP contribution in [0.5, 0.6) is 5.75 Å². The number of methoxy groups -OCH3 is 1. The predicted molar refractivity (Wildman–Crippen MR) is 91.1 cm³/mol. The zero-order valence-corrected chi connectivity index (χ0v) is 13.6. The van der Waals surface area contributed by atoms with Crippen LogP contribution in [0.1, 0.15) is 24.4 Å². The molecule has 2 aromatic heterocycles. The van der Waals surface area contributed by atoms with Crippen LogP contribution in [0.3, 0.4) is 0 Å². The van der Waals surface area contributed by atoms with Crippen LogP contribution in [-0.2, 0) is 6.67 Å². The van der Waals surface area contributed by atoms with Gasteiger partial charge in [-0.25, -0.2) is 4.79 Å². The molecule has 1 aliphatic heterocycles. The molecule has 3 heterocycles. The molecule has 6 nitrogen and oxygen atoms in total. The third-order valence-corrected chi connectivity index (χ3v) is 4.67. The largest absolute Gasteiger partial charge is 0.497 e. The van der Waals surface area contributed by atoms with Crippen molar-refractivity contribution in [2.75, 3.05) is 13.7 Å². The van der Waals surface area contributed by atoms with Gasteiger partial charge in [0.15, 0.2) is 5.65 Å². The Bertz CT molecular complexity index is 897. The lowest BCUT2D eigenvalue weighted by Crippen LogP contribution is -2.32. The Morgan fingerprint density at radius 1 is 1.21 bits per heavy atom. The maximum Gasteiger partial charge on any atom is 0.351 e. The average Bonchev–Trinajstić information content (AvgIpc) is 3.21. The van der Waals surface area contributed by atoms with Crippen LogP contribution in [0.25, 0.3) is 5.65 Å². The third kappa shape index (κ3) is 2.59. The van der Waals surface area contributed by atoms with Crippen LogP contribution in [-0.4, -0.2) is 32.7 Å². The number of nitrogens with zero attached hydrogens (tertiary/aromatic N) is 4. The molecule has 1 fully saturated rings. The van der Waals surface area contributed by atoms with E-state index in [0.29, 0.717) is 18.4 Å². The van der Waals surface area contributed by atoms with Crippen molar-refractivity contribution in [1.82, 2.24) is 19.1 Å². The van der Waals surface area contributed by atoms with E-state index in [2.05, 4.69) is 22.1 Å². The number of rotatable bonds is 4. The van der Waals surface area contributed by atoms with Gasteiger partial charge in [-0.1, -0.05) is 18.2 Å². The summed E-state index contributed by atoms with van der Waals surface area (Å²) < 4.78 is 8.37. The van der Waals surface area contributed by atoms with Crippen molar-refractivity contribution in [3.8, 4) is 5.75 Å².